The average molecular weight is 356 g/mol. The van der Waals surface area contributed by atoms with E-state index >= 15 is 0 Å². The number of rotatable bonds is 8. The van der Waals surface area contributed by atoms with Crippen LogP contribution >= 0.6 is 0 Å². The number of nitrogens with zero attached hydrogens (tertiary/aromatic N) is 2. The van der Waals surface area contributed by atoms with E-state index in [1.807, 2.05) is 6.07 Å². The number of anilines is 2. The van der Waals surface area contributed by atoms with Crippen molar-refractivity contribution < 1.29 is 9.53 Å². The van der Waals surface area contributed by atoms with E-state index < -0.39 is 0 Å². The van der Waals surface area contributed by atoms with E-state index in [4.69, 9.17) is 4.74 Å². The molecule has 0 atom stereocenters. The number of aromatic nitrogens is 2. The van der Waals surface area contributed by atoms with E-state index in [1.54, 1.807) is 19.2 Å². The summed E-state index contributed by atoms with van der Waals surface area (Å²) in [5.41, 5.74) is 3.41. The van der Waals surface area contributed by atoms with Crippen molar-refractivity contribution in [1.29, 1.82) is 0 Å². The molecule has 1 aromatic carbocycles. The van der Waals surface area contributed by atoms with Crippen LogP contribution in [0.4, 0.5) is 11.5 Å². The molecule has 0 aliphatic carbocycles. The molecule has 140 valence electrons. The van der Waals surface area contributed by atoms with Crippen molar-refractivity contribution in [2.75, 3.05) is 30.9 Å². The number of methoxy groups -OCH3 is 1. The topological polar surface area (TPSA) is 76.1 Å². The summed E-state index contributed by atoms with van der Waals surface area (Å²) >= 11 is 0. The average Bonchev–Trinajstić information content (AvgIpc) is 2.62. The van der Waals surface area contributed by atoms with Gasteiger partial charge in [0, 0.05) is 19.3 Å². The first-order valence-corrected chi connectivity index (χ1v) is 8.94. The van der Waals surface area contributed by atoms with Crippen LogP contribution in [0.15, 0.2) is 30.3 Å². The van der Waals surface area contributed by atoms with Gasteiger partial charge in [0.1, 0.15) is 5.82 Å². The number of ether oxygens (including phenoxy) is 1. The van der Waals surface area contributed by atoms with Gasteiger partial charge in [-0.15, -0.1) is 10.2 Å². The van der Waals surface area contributed by atoms with Gasteiger partial charge in [-0.25, -0.2) is 0 Å². The second kappa shape index (κ2) is 9.29. The first kappa shape index (κ1) is 19.8. The summed E-state index contributed by atoms with van der Waals surface area (Å²) in [5, 5.41) is 14.2. The summed E-state index contributed by atoms with van der Waals surface area (Å²) < 4.78 is 4.98. The Hall–Kier alpha value is -2.47. The summed E-state index contributed by atoms with van der Waals surface area (Å²) in [6.07, 6.45) is 0. The molecule has 2 N–H and O–H groups in total. The molecule has 1 aromatic heterocycles. The SMILES string of the molecule is COCCNc1ccc(C(=O)Nc2c(C(C)C)cccc2C(C)C)nn1. The van der Waals surface area contributed by atoms with Crippen LogP contribution in [0, 0.1) is 0 Å². The van der Waals surface area contributed by atoms with Crippen LogP contribution in [0.2, 0.25) is 0 Å². The van der Waals surface area contributed by atoms with Gasteiger partial charge in [-0.1, -0.05) is 45.9 Å². The van der Waals surface area contributed by atoms with Gasteiger partial charge in [0.25, 0.3) is 5.91 Å². The molecule has 0 unspecified atom stereocenters. The molecule has 2 aromatic rings. The molecular formula is C20H28N4O2. The zero-order chi connectivity index (χ0) is 19.1. The van der Waals surface area contributed by atoms with Crippen molar-refractivity contribution in [3.63, 3.8) is 0 Å². The molecule has 0 saturated carbocycles. The van der Waals surface area contributed by atoms with Crippen LogP contribution in [-0.4, -0.2) is 36.4 Å². The first-order valence-electron chi connectivity index (χ1n) is 8.94. The van der Waals surface area contributed by atoms with Gasteiger partial charge in [0.15, 0.2) is 5.69 Å². The van der Waals surface area contributed by atoms with Gasteiger partial charge in [0.05, 0.1) is 6.61 Å². The van der Waals surface area contributed by atoms with Crippen LogP contribution in [0.5, 0.6) is 0 Å². The Balaban J connectivity index is 2.19. The number of nitrogens with one attached hydrogen (secondary N) is 2. The van der Waals surface area contributed by atoms with Crippen molar-refractivity contribution in [1.82, 2.24) is 10.2 Å². The van der Waals surface area contributed by atoms with Crippen LogP contribution in [-0.2, 0) is 4.74 Å². The van der Waals surface area contributed by atoms with Gasteiger partial charge < -0.3 is 15.4 Å². The molecule has 1 heterocycles. The minimum absolute atomic E-state index is 0.254. The number of carbonyl (C=O) groups excluding carboxylic acids is 1. The molecule has 6 heteroatoms. The predicted molar refractivity (Wildman–Crippen MR) is 105 cm³/mol. The first-order chi connectivity index (χ1) is 12.4. The number of hydrogen-bond donors (Lipinski definition) is 2. The van der Waals surface area contributed by atoms with Crippen molar-refractivity contribution in [3.8, 4) is 0 Å². The highest BCUT2D eigenvalue weighted by atomic mass is 16.5. The van der Waals surface area contributed by atoms with Crippen molar-refractivity contribution in [2.24, 2.45) is 0 Å². The minimum atomic E-state index is -0.254. The summed E-state index contributed by atoms with van der Waals surface area (Å²) in [4.78, 5) is 12.7. The number of carbonyl (C=O) groups is 1. The van der Waals surface area contributed by atoms with Crippen LogP contribution in [0.1, 0.15) is 61.1 Å². The smallest absolute Gasteiger partial charge is 0.276 e. The Bertz CT molecular complexity index is 701. The lowest BCUT2D eigenvalue weighted by Crippen LogP contribution is -2.18. The maximum atomic E-state index is 12.7. The largest absolute Gasteiger partial charge is 0.383 e. The third-order valence-electron chi connectivity index (χ3n) is 4.12. The molecule has 0 fully saturated rings. The molecule has 0 aliphatic rings. The van der Waals surface area contributed by atoms with E-state index in [0.29, 0.717) is 30.8 Å². The Morgan fingerprint density at radius 3 is 2.19 bits per heavy atom. The van der Waals surface area contributed by atoms with E-state index in [0.717, 1.165) is 16.8 Å². The lowest BCUT2D eigenvalue weighted by Gasteiger charge is -2.20. The van der Waals surface area contributed by atoms with Gasteiger partial charge in [-0.2, -0.15) is 0 Å². The summed E-state index contributed by atoms with van der Waals surface area (Å²) in [7, 11) is 1.64. The molecule has 0 aliphatic heterocycles. The maximum absolute atomic E-state index is 12.7. The van der Waals surface area contributed by atoms with Gasteiger partial charge in [-0.05, 0) is 35.1 Å². The highest BCUT2D eigenvalue weighted by molar-refractivity contribution is 6.03. The van der Waals surface area contributed by atoms with Crippen molar-refractivity contribution >= 4 is 17.4 Å². The molecule has 0 spiro atoms. The van der Waals surface area contributed by atoms with Crippen molar-refractivity contribution in [2.45, 2.75) is 39.5 Å². The summed E-state index contributed by atoms with van der Waals surface area (Å²) in [5.74, 6) is 0.977. The molecule has 0 saturated heterocycles. The normalized spacial score (nSPS) is 11.0. The molecule has 0 radical (unpaired) electrons. The predicted octanol–water partition coefficient (Wildman–Crippen LogP) is 4.03. The van der Waals surface area contributed by atoms with Crippen LogP contribution < -0.4 is 10.6 Å². The minimum Gasteiger partial charge on any atom is -0.383 e. The highest BCUT2D eigenvalue weighted by Crippen LogP contribution is 2.32. The maximum Gasteiger partial charge on any atom is 0.276 e. The Morgan fingerprint density at radius 2 is 1.69 bits per heavy atom. The van der Waals surface area contributed by atoms with Crippen LogP contribution in [0.25, 0.3) is 0 Å². The second-order valence-electron chi connectivity index (χ2n) is 6.80. The zero-order valence-corrected chi connectivity index (χ0v) is 16.2. The lowest BCUT2D eigenvalue weighted by atomic mass is 9.92. The van der Waals surface area contributed by atoms with Crippen molar-refractivity contribution in [3.05, 3.63) is 47.2 Å². The number of para-hydroxylation sites is 1. The molecule has 26 heavy (non-hydrogen) atoms. The molecular weight excluding hydrogens is 328 g/mol. The fourth-order valence-electron chi connectivity index (χ4n) is 2.70. The van der Waals surface area contributed by atoms with E-state index in [1.165, 1.54) is 0 Å². The molecule has 6 nitrogen and oxygen atoms in total. The quantitative estimate of drug-likeness (QED) is 0.698. The molecule has 1 amide bonds. The second-order valence-corrected chi connectivity index (χ2v) is 6.80. The van der Waals surface area contributed by atoms with Gasteiger partial charge in [0.2, 0.25) is 0 Å². The lowest BCUT2D eigenvalue weighted by molar-refractivity contribution is 0.102. The fraction of sp³-hybridized carbons (Fsp3) is 0.450. The standard InChI is InChI=1S/C20H28N4O2/c1-13(2)15-7-6-8-16(14(3)4)19(15)22-20(25)17-9-10-18(24-23-17)21-11-12-26-5/h6-10,13-14H,11-12H2,1-5H3,(H,21,24)(H,22,25). The van der Waals surface area contributed by atoms with Crippen LogP contribution in [0.3, 0.4) is 0 Å². The highest BCUT2D eigenvalue weighted by Gasteiger charge is 2.17. The summed E-state index contributed by atoms with van der Waals surface area (Å²) in [6.45, 7) is 9.69. The third-order valence-corrected chi connectivity index (χ3v) is 4.12. The third kappa shape index (κ3) is 5.02. The van der Waals surface area contributed by atoms with E-state index in [9.17, 15) is 4.79 Å². The van der Waals surface area contributed by atoms with Gasteiger partial charge in [-0.3, -0.25) is 4.79 Å². The number of hydrogen-bond acceptors (Lipinski definition) is 5. The Morgan fingerprint density at radius 1 is 1.04 bits per heavy atom. The Labute approximate surface area is 155 Å². The fourth-order valence-corrected chi connectivity index (χ4v) is 2.70. The zero-order valence-electron chi connectivity index (χ0n) is 16.2. The number of amides is 1. The molecule has 2 rings (SSSR count). The van der Waals surface area contributed by atoms with E-state index in [2.05, 4.69) is 60.7 Å². The number of benzene rings is 1. The summed E-state index contributed by atoms with van der Waals surface area (Å²) in [6, 6.07) is 9.57. The Kier molecular flexibility index (Phi) is 7.09. The molecule has 0 bridgehead atoms. The van der Waals surface area contributed by atoms with Gasteiger partial charge >= 0.3 is 0 Å². The monoisotopic (exact) mass is 356 g/mol. The van der Waals surface area contributed by atoms with E-state index in [-0.39, 0.29) is 11.6 Å².